The Bertz CT molecular complexity index is 377. The molecular weight excluding hydrogens is 246 g/mol. The molecule has 76 valence electrons. The van der Waals surface area contributed by atoms with Gasteiger partial charge >= 0.3 is 0 Å². The van der Waals surface area contributed by atoms with Crippen LogP contribution in [0.3, 0.4) is 0 Å². The van der Waals surface area contributed by atoms with Gasteiger partial charge in [0.2, 0.25) is 5.79 Å². The van der Waals surface area contributed by atoms with E-state index in [0.717, 1.165) is 21.5 Å². The predicted octanol–water partition coefficient (Wildman–Crippen LogP) is 2.42. The molecule has 0 saturated heterocycles. The van der Waals surface area contributed by atoms with E-state index in [-0.39, 0.29) is 0 Å². The SMILES string of the molecule is CC1(C)Oc2cc(Br)c(CN)cc2O1. The van der Waals surface area contributed by atoms with Crippen molar-refractivity contribution in [2.24, 2.45) is 5.73 Å². The average Bonchev–Trinajstić information content (AvgIpc) is 2.36. The number of hydrogen-bond acceptors (Lipinski definition) is 3. The topological polar surface area (TPSA) is 44.5 Å². The number of nitrogens with two attached hydrogens (primary N) is 1. The molecule has 0 radical (unpaired) electrons. The van der Waals surface area contributed by atoms with Crippen LogP contribution in [-0.4, -0.2) is 5.79 Å². The van der Waals surface area contributed by atoms with Crippen molar-refractivity contribution in [3.8, 4) is 11.5 Å². The van der Waals surface area contributed by atoms with E-state index in [1.807, 2.05) is 26.0 Å². The van der Waals surface area contributed by atoms with E-state index in [9.17, 15) is 0 Å². The maximum Gasteiger partial charge on any atom is 0.246 e. The normalized spacial score (nSPS) is 17.1. The van der Waals surface area contributed by atoms with Crippen molar-refractivity contribution in [1.29, 1.82) is 0 Å². The highest BCUT2D eigenvalue weighted by atomic mass is 79.9. The van der Waals surface area contributed by atoms with Crippen molar-refractivity contribution in [3.63, 3.8) is 0 Å². The van der Waals surface area contributed by atoms with Crippen LogP contribution in [0.25, 0.3) is 0 Å². The summed E-state index contributed by atoms with van der Waals surface area (Å²) in [6.45, 7) is 4.24. The second-order valence-corrected chi connectivity index (χ2v) is 4.55. The van der Waals surface area contributed by atoms with E-state index in [1.165, 1.54) is 0 Å². The number of fused-ring (bicyclic) bond motifs is 1. The molecule has 4 heteroatoms. The molecule has 0 amide bonds. The molecule has 1 aromatic rings. The molecule has 2 rings (SSSR count). The van der Waals surface area contributed by atoms with Crippen LogP contribution in [0.2, 0.25) is 0 Å². The minimum absolute atomic E-state index is 0.484. The summed E-state index contributed by atoms with van der Waals surface area (Å²) in [6.07, 6.45) is 0. The minimum atomic E-state index is -0.574. The van der Waals surface area contributed by atoms with Crippen LogP contribution in [-0.2, 0) is 6.54 Å². The molecule has 0 unspecified atom stereocenters. The predicted molar refractivity (Wildman–Crippen MR) is 57.4 cm³/mol. The quantitative estimate of drug-likeness (QED) is 0.841. The average molecular weight is 258 g/mol. The third-order valence-corrected chi connectivity index (χ3v) is 2.78. The van der Waals surface area contributed by atoms with Gasteiger partial charge in [0.05, 0.1) is 0 Å². The van der Waals surface area contributed by atoms with E-state index in [0.29, 0.717) is 6.54 Å². The van der Waals surface area contributed by atoms with Gasteiger partial charge in [-0.2, -0.15) is 0 Å². The molecule has 0 bridgehead atoms. The third kappa shape index (κ3) is 1.60. The molecule has 0 aromatic heterocycles. The second kappa shape index (κ2) is 3.14. The number of benzene rings is 1. The van der Waals surface area contributed by atoms with Crippen LogP contribution in [0, 0.1) is 0 Å². The highest BCUT2D eigenvalue weighted by Gasteiger charge is 2.32. The Morgan fingerprint density at radius 3 is 2.43 bits per heavy atom. The molecule has 0 spiro atoms. The zero-order chi connectivity index (χ0) is 10.3. The van der Waals surface area contributed by atoms with Crippen LogP contribution in [0.15, 0.2) is 16.6 Å². The molecule has 1 aromatic carbocycles. The Hall–Kier alpha value is -0.740. The molecule has 0 saturated carbocycles. The lowest BCUT2D eigenvalue weighted by Crippen LogP contribution is -2.29. The van der Waals surface area contributed by atoms with Crippen molar-refractivity contribution in [2.45, 2.75) is 26.2 Å². The van der Waals surface area contributed by atoms with Gasteiger partial charge in [0.25, 0.3) is 0 Å². The number of rotatable bonds is 1. The van der Waals surface area contributed by atoms with Gasteiger partial charge in [-0.3, -0.25) is 0 Å². The highest BCUT2D eigenvalue weighted by molar-refractivity contribution is 9.10. The summed E-state index contributed by atoms with van der Waals surface area (Å²) in [5.41, 5.74) is 6.60. The van der Waals surface area contributed by atoms with E-state index in [1.54, 1.807) is 0 Å². The molecule has 1 aliphatic heterocycles. The Morgan fingerprint density at radius 2 is 1.86 bits per heavy atom. The summed E-state index contributed by atoms with van der Waals surface area (Å²) in [4.78, 5) is 0. The fourth-order valence-electron chi connectivity index (χ4n) is 1.44. The Morgan fingerprint density at radius 1 is 1.29 bits per heavy atom. The monoisotopic (exact) mass is 257 g/mol. The van der Waals surface area contributed by atoms with Gasteiger partial charge in [0, 0.05) is 24.9 Å². The molecule has 14 heavy (non-hydrogen) atoms. The van der Waals surface area contributed by atoms with Crippen molar-refractivity contribution >= 4 is 15.9 Å². The minimum Gasteiger partial charge on any atom is -0.449 e. The molecule has 3 nitrogen and oxygen atoms in total. The van der Waals surface area contributed by atoms with Crippen LogP contribution in [0.1, 0.15) is 19.4 Å². The van der Waals surface area contributed by atoms with Gasteiger partial charge in [-0.15, -0.1) is 0 Å². The van der Waals surface area contributed by atoms with Gasteiger partial charge in [-0.1, -0.05) is 15.9 Å². The molecule has 1 heterocycles. The van der Waals surface area contributed by atoms with Gasteiger partial charge in [-0.05, 0) is 17.7 Å². The molecule has 0 aliphatic carbocycles. The summed E-state index contributed by atoms with van der Waals surface area (Å²) in [7, 11) is 0. The first-order chi connectivity index (χ1) is 6.52. The molecule has 0 fully saturated rings. The fourth-order valence-corrected chi connectivity index (χ4v) is 1.93. The maximum atomic E-state index is 5.59. The standard InChI is InChI=1S/C10H12BrNO2/c1-10(2)13-8-3-6(5-12)7(11)4-9(8)14-10/h3-4H,5,12H2,1-2H3. The van der Waals surface area contributed by atoms with Gasteiger partial charge in [-0.25, -0.2) is 0 Å². The third-order valence-electron chi connectivity index (χ3n) is 2.04. The summed E-state index contributed by atoms with van der Waals surface area (Å²) >= 11 is 3.43. The van der Waals surface area contributed by atoms with E-state index in [2.05, 4.69) is 15.9 Å². The first-order valence-corrected chi connectivity index (χ1v) is 5.21. The summed E-state index contributed by atoms with van der Waals surface area (Å²) in [5, 5.41) is 0. The van der Waals surface area contributed by atoms with Crippen molar-refractivity contribution in [3.05, 3.63) is 22.2 Å². The Kier molecular flexibility index (Phi) is 2.20. The summed E-state index contributed by atoms with van der Waals surface area (Å²) in [6, 6.07) is 3.81. The molecular formula is C10H12BrNO2. The van der Waals surface area contributed by atoms with E-state index in [4.69, 9.17) is 15.2 Å². The highest BCUT2D eigenvalue weighted by Crippen LogP contribution is 2.42. The van der Waals surface area contributed by atoms with E-state index >= 15 is 0 Å². The zero-order valence-corrected chi connectivity index (χ0v) is 9.72. The maximum absolute atomic E-state index is 5.59. The van der Waals surface area contributed by atoms with Crippen LogP contribution < -0.4 is 15.2 Å². The lowest BCUT2D eigenvalue weighted by molar-refractivity contribution is -0.0431. The molecule has 0 atom stereocenters. The van der Waals surface area contributed by atoms with Gasteiger partial charge < -0.3 is 15.2 Å². The largest absolute Gasteiger partial charge is 0.449 e. The number of ether oxygens (including phenoxy) is 2. The fraction of sp³-hybridized carbons (Fsp3) is 0.400. The number of halogens is 1. The number of hydrogen-bond donors (Lipinski definition) is 1. The first-order valence-electron chi connectivity index (χ1n) is 4.42. The van der Waals surface area contributed by atoms with Crippen molar-refractivity contribution in [2.75, 3.05) is 0 Å². The lowest BCUT2D eigenvalue weighted by Gasteiger charge is -2.16. The van der Waals surface area contributed by atoms with Crippen molar-refractivity contribution < 1.29 is 9.47 Å². The van der Waals surface area contributed by atoms with Crippen LogP contribution in [0.4, 0.5) is 0 Å². The van der Waals surface area contributed by atoms with Crippen LogP contribution in [0.5, 0.6) is 11.5 Å². The Balaban J connectivity index is 2.44. The van der Waals surface area contributed by atoms with Crippen molar-refractivity contribution in [1.82, 2.24) is 0 Å². The molecule has 1 aliphatic rings. The summed E-state index contributed by atoms with van der Waals surface area (Å²) in [5.74, 6) is 0.951. The second-order valence-electron chi connectivity index (χ2n) is 3.70. The van der Waals surface area contributed by atoms with Crippen LogP contribution >= 0.6 is 15.9 Å². The van der Waals surface area contributed by atoms with Gasteiger partial charge in [0.15, 0.2) is 11.5 Å². The smallest absolute Gasteiger partial charge is 0.246 e. The zero-order valence-electron chi connectivity index (χ0n) is 8.13. The molecule has 2 N–H and O–H groups in total. The Labute approximate surface area is 91.3 Å². The first kappa shape index (κ1) is 9.80. The van der Waals surface area contributed by atoms with E-state index < -0.39 is 5.79 Å². The summed E-state index contributed by atoms with van der Waals surface area (Å²) < 4.78 is 12.1. The lowest BCUT2D eigenvalue weighted by atomic mass is 10.2. The van der Waals surface area contributed by atoms with Gasteiger partial charge in [0.1, 0.15) is 0 Å².